The van der Waals surface area contributed by atoms with E-state index < -0.39 is 0 Å². The van der Waals surface area contributed by atoms with Crippen LogP contribution in [-0.4, -0.2) is 33.1 Å². The molecule has 0 atom stereocenters. The van der Waals surface area contributed by atoms with Crippen LogP contribution < -0.4 is 5.32 Å². The summed E-state index contributed by atoms with van der Waals surface area (Å²) < 4.78 is 6.46. The van der Waals surface area contributed by atoms with E-state index in [4.69, 9.17) is 4.74 Å². The number of ether oxygens (including phenoxy) is 1. The number of hydrogen-bond acceptors (Lipinski definition) is 3. The van der Waals surface area contributed by atoms with E-state index in [0.29, 0.717) is 18.4 Å². The number of amides is 1. The van der Waals surface area contributed by atoms with Crippen LogP contribution in [0.3, 0.4) is 0 Å². The summed E-state index contributed by atoms with van der Waals surface area (Å²) in [7, 11) is 0. The molecule has 0 aliphatic carbocycles. The molecule has 0 heterocycles. The molecular formula is C30H61NO2S. The van der Waals surface area contributed by atoms with Gasteiger partial charge >= 0.3 is 0 Å². The van der Waals surface area contributed by atoms with Crippen molar-refractivity contribution in [3.8, 4) is 0 Å². The molecule has 1 N–H and O–H groups in total. The van der Waals surface area contributed by atoms with Crippen molar-refractivity contribution in [2.45, 2.75) is 164 Å². The lowest BCUT2D eigenvalue weighted by Crippen LogP contribution is -2.48. The minimum Gasteiger partial charge on any atom is -0.375 e. The highest BCUT2D eigenvalue weighted by Crippen LogP contribution is 2.45. The average Bonchev–Trinajstić information content (AvgIpc) is 2.47. The van der Waals surface area contributed by atoms with E-state index in [1.54, 1.807) is 0 Å². The van der Waals surface area contributed by atoms with Crippen LogP contribution in [0.5, 0.6) is 0 Å². The first-order valence-electron chi connectivity index (χ1n) is 13.4. The maximum absolute atomic E-state index is 13.0. The molecule has 0 radical (unpaired) electrons. The molecule has 0 saturated heterocycles. The normalized spacial score (nSPS) is 14.9. The van der Waals surface area contributed by atoms with Gasteiger partial charge in [-0.15, -0.1) is 11.8 Å². The molecule has 1 amide bonds. The Morgan fingerprint density at radius 3 is 1.71 bits per heavy atom. The van der Waals surface area contributed by atoms with Gasteiger partial charge in [0, 0.05) is 28.1 Å². The Kier molecular flexibility index (Phi) is 11.4. The fourth-order valence-electron chi connectivity index (χ4n) is 5.26. The van der Waals surface area contributed by atoms with Gasteiger partial charge < -0.3 is 10.1 Å². The summed E-state index contributed by atoms with van der Waals surface area (Å²) in [5.41, 5.74) is 0.0780. The predicted octanol–water partition coefficient (Wildman–Crippen LogP) is 9.04. The zero-order valence-electron chi connectivity index (χ0n) is 26.0. The minimum absolute atomic E-state index is 0.0566. The summed E-state index contributed by atoms with van der Waals surface area (Å²) in [6, 6.07) is 0. The molecule has 204 valence electrons. The van der Waals surface area contributed by atoms with Gasteiger partial charge in [-0.25, -0.2) is 0 Å². The van der Waals surface area contributed by atoms with E-state index in [1.165, 1.54) is 0 Å². The highest BCUT2D eigenvalue weighted by Gasteiger charge is 2.41. The maximum atomic E-state index is 13.0. The number of rotatable bonds is 14. The molecule has 0 aromatic heterocycles. The van der Waals surface area contributed by atoms with Gasteiger partial charge in [-0.2, -0.15) is 0 Å². The Balaban J connectivity index is 4.91. The van der Waals surface area contributed by atoms with E-state index in [0.717, 1.165) is 25.7 Å². The van der Waals surface area contributed by atoms with Crippen molar-refractivity contribution >= 4 is 17.7 Å². The monoisotopic (exact) mass is 499 g/mol. The number of thioether (sulfide) groups is 1. The summed E-state index contributed by atoms with van der Waals surface area (Å²) in [4.78, 5) is 13.0. The molecule has 0 aromatic carbocycles. The molecule has 0 aliphatic heterocycles. The van der Waals surface area contributed by atoms with Gasteiger partial charge in [0.1, 0.15) is 0 Å². The van der Waals surface area contributed by atoms with Crippen molar-refractivity contribution in [2.24, 2.45) is 16.2 Å². The van der Waals surface area contributed by atoms with Crippen molar-refractivity contribution in [3.63, 3.8) is 0 Å². The van der Waals surface area contributed by atoms with Crippen LogP contribution in [0.15, 0.2) is 0 Å². The Hall–Kier alpha value is -0.220. The molecule has 0 spiro atoms. The Labute approximate surface area is 218 Å². The van der Waals surface area contributed by atoms with Gasteiger partial charge in [0.2, 0.25) is 5.91 Å². The van der Waals surface area contributed by atoms with Crippen LogP contribution >= 0.6 is 11.8 Å². The third-order valence-corrected chi connectivity index (χ3v) is 8.66. The third-order valence-electron chi connectivity index (χ3n) is 7.27. The first-order chi connectivity index (χ1) is 14.7. The van der Waals surface area contributed by atoms with Crippen molar-refractivity contribution < 1.29 is 9.53 Å². The van der Waals surface area contributed by atoms with E-state index in [1.807, 2.05) is 11.8 Å². The summed E-state index contributed by atoms with van der Waals surface area (Å²) in [5.74, 6) is 0.123. The van der Waals surface area contributed by atoms with Crippen molar-refractivity contribution in [1.29, 1.82) is 0 Å². The van der Waals surface area contributed by atoms with Crippen molar-refractivity contribution in [2.75, 3.05) is 6.61 Å². The van der Waals surface area contributed by atoms with Crippen molar-refractivity contribution in [3.05, 3.63) is 0 Å². The van der Waals surface area contributed by atoms with Gasteiger partial charge in [-0.1, -0.05) is 89.5 Å². The SMILES string of the molecule is CCC(C)(C)CC(C)(C)C(C)(C)OCCC(C)(C)NC(=O)CC(C)(C)SC(C)(C)CC(C)(C)C. The maximum Gasteiger partial charge on any atom is 0.221 e. The second-order valence-corrected chi connectivity index (χ2v) is 18.1. The van der Waals surface area contributed by atoms with E-state index in [2.05, 4.69) is 116 Å². The number of hydrogen-bond donors (Lipinski definition) is 1. The van der Waals surface area contributed by atoms with Crippen LogP contribution in [0.4, 0.5) is 0 Å². The first-order valence-corrected chi connectivity index (χ1v) is 14.2. The van der Waals surface area contributed by atoms with Crippen LogP contribution in [0.25, 0.3) is 0 Å². The van der Waals surface area contributed by atoms with E-state index >= 15 is 0 Å². The van der Waals surface area contributed by atoms with Gasteiger partial charge in [0.25, 0.3) is 0 Å². The number of carbonyl (C=O) groups is 1. The molecule has 0 saturated carbocycles. The predicted molar refractivity (Wildman–Crippen MR) is 154 cm³/mol. The van der Waals surface area contributed by atoms with Crippen LogP contribution in [0.1, 0.15) is 143 Å². The standard InChI is InChI=1S/C30H61NO2S/c1-17-25(5,6)22-26(7,8)30(15,16)33-19-18-27(9,10)31-23(32)20-28(11,12)34-29(13,14)21-24(2,3)4/h17-22H2,1-16H3,(H,31,32). The summed E-state index contributed by atoms with van der Waals surface area (Å²) >= 11 is 1.93. The lowest BCUT2D eigenvalue weighted by molar-refractivity contribution is -0.125. The topological polar surface area (TPSA) is 38.3 Å². The summed E-state index contributed by atoms with van der Waals surface area (Å²) in [5, 5.41) is 3.29. The molecule has 0 rings (SSSR count). The summed E-state index contributed by atoms with van der Waals surface area (Å²) in [6.07, 6.45) is 4.69. The third kappa shape index (κ3) is 13.2. The Morgan fingerprint density at radius 1 is 0.765 bits per heavy atom. The minimum atomic E-state index is -0.304. The largest absolute Gasteiger partial charge is 0.375 e. The van der Waals surface area contributed by atoms with Crippen LogP contribution in [-0.2, 0) is 9.53 Å². The quantitative estimate of drug-likeness (QED) is 0.259. The average molecular weight is 500 g/mol. The van der Waals surface area contributed by atoms with E-state index in [9.17, 15) is 4.79 Å². The zero-order chi connectivity index (χ0) is 27.4. The first kappa shape index (κ1) is 33.8. The number of nitrogens with one attached hydrogen (secondary N) is 1. The van der Waals surface area contributed by atoms with Crippen molar-refractivity contribution in [1.82, 2.24) is 5.32 Å². The van der Waals surface area contributed by atoms with Gasteiger partial charge in [0.05, 0.1) is 5.60 Å². The second kappa shape index (κ2) is 11.4. The van der Waals surface area contributed by atoms with Crippen LogP contribution in [0, 0.1) is 16.2 Å². The molecular weight excluding hydrogens is 438 g/mol. The molecule has 34 heavy (non-hydrogen) atoms. The molecule has 0 bridgehead atoms. The fourth-order valence-corrected chi connectivity index (χ4v) is 7.46. The molecule has 4 heteroatoms. The van der Waals surface area contributed by atoms with Gasteiger partial charge in [0.15, 0.2) is 0 Å². The summed E-state index contributed by atoms with van der Waals surface area (Å²) in [6.45, 7) is 36.7. The van der Waals surface area contributed by atoms with Crippen LogP contribution in [0.2, 0.25) is 0 Å². The Bertz CT molecular complexity index is 651. The highest BCUT2D eigenvalue weighted by molar-refractivity contribution is 8.01. The van der Waals surface area contributed by atoms with Gasteiger partial charge in [-0.3, -0.25) is 4.79 Å². The zero-order valence-corrected chi connectivity index (χ0v) is 26.8. The lowest BCUT2D eigenvalue weighted by Gasteiger charge is -2.46. The second-order valence-electron chi connectivity index (χ2n) is 15.7. The lowest BCUT2D eigenvalue weighted by atomic mass is 9.66. The Morgan fingerprint density at radius 2 is 1.26 bits per heavy atom. The molecule has 3 nitrogen and oxygen atoms in total. The fraction of sp³-hybridized carbons (Fsp3) is 0.967. The molecule has 0 aromatic rings. The smallest absolute Gasteiger partial charge is 0.221 e. The molecule has 0 fully saturated rings. The van der Waals surface area contributed by atoms with E-state index in [-0.39, 0.29) is 37.4 Å². The highest BCUT2D eigenvalue weighted by atomic mass is 32.2. The van der Waals surface area contributed by atoms with Gasteiger partial charge in [-0.05, 0) is 63.2 Å². The molecule has 0 aliphatic rings. The molecule has 0 unspecified atom stereocenters. The number of carbonyl (C=O) groups excluding carboxylic acids is 1.